The number of aliphatic hydroxyl groups excluding tert-OH is 1. The number of benzene rings is 2. The molecular weight excluding hydrogens is 306 g/mol. The molecule has 1 N–H and O–H groups in total. The lowest BCUT2D eigenvalue weighted by Crippen LogP contribution is -2.48. The van der Waals surface area contributed by atoms with E-state index in [2.05, 4.69) is 79.1 Å². The Morgan fingerprint density at radius 3 is 2.44 bits per heavy atom. The van der Waals surface area contributed by atoms with Crippen LogP contribution in [0.5, 0.6) is 0 Å². The first-order valence-corrected chi connectivity index (χ1v) is 9.01. The van der Waals surface area contributed by atoms with Crippen molar-refractivity contribution >= 4 is 6.08 Å². The predicted molar refractivity (Wildman–Crippen MR) is 105 cm³/mol. The van der Waals surface area contributed by atoms with E-state index >= 15 is 0 Å². The maximum absolute atomic E-state index is 10.3. The summed E-state index contributed by atoms with van der Waals surface area (Å²) >= 11 is 0. The number of rotatable bonds is 5. The van der Waals surface area contributed by atoms with Crippen LogP contribution in [0.2, 0.25) is 0 Å². The Morgan fingerprint density at radius 2 is 1.72 bits per heavy atom. The van der Waals surface area contributed by atoms with Gasteiger partial charge in [0.1, 0.15) is 0 Å². The summed E-state index contributed by atoms with van der Waals surface area (Å²) in [5.41, 5.74) is 3.79. The monoisotopic (exact) mass is 333 g/mol. The van der Waals surface area contributed by atoms with E-state index in [0.29, 0.717) is 0 Å². The number of nitrogens with zero attached hydrogens (tertiary/aromatic N) is 1. The lowest BCUT2D eigenvalue weighted by Gasteiger charge is -2.42. The molecule has 2 nitrogen and oxygen atoms in total. The molecule has 130 valence electrons. The number of hydrogen-bond donors (Lipinski definition) is 1. The maximum atomic E-state index is 10.3. The van der Waals surface area contributed by atoms with Gasteiger partial charge in [-0.2, -0.15) is 0 Å². The quantitative estimate of drug-likeness (QED) is 0.809. The molecule has 0 spiro atoms. The number of hydrogen-bond acceptors (Lipinski definition) is 2. The van der Waals surface area contributed by atoms with Crippen molar-refractivity contribution < 1.29 is 5.11 Å². The van der Waals surface area contributed by atoms with E-state index < -0.39 is 0 Å². The molecule has 1 heterocycles. The summed E-state index contributed by atoms with van der Waals surface area (Å²) in [6.07, 6.45) is 7.65. The molecule has 0 saturated carbocycles. The normalized spacial score (nSPS) is 24.5. The molecule has 1 fully saturated rings. The van der Waals surface area contributed by atoms with Gasteiger partial charge in [-0.3, -0.25) is 4.90 Å². The van der Waals surface area contributed by atoms with Gasteiger partial charge in [0.2, 0.25) is 0 Å². The van der Waals surface area contributed by atoms with Crippen LogP contribution < -0.4 is 0 Å². The average molecular weight is 333 g/mol. The third-order valence-electron chi connectivity index (χ3n) is 5.05. The lowest BCUT2D eigenvalue weighted by molar-refractivity contribution is 0.0290. The van der Waals surface area contributed by atoms with Crippen LogP contribution in [0, 0.1) is 6.92 Å². The predicted octanol–water partition coefficient (Wildman–Crippen LogP) is 4.59. The van der Waals surface area contributed by atoms with Crippen LogP contribution in [0.25, 0.3) is 6.08 Å². The van der Waals surface area contributed by atoms with Crippen LogP contribution in [0.1, 0.15) is 29.5 Å². The second-order valence-electron chi connectivity index (χ2n) is 6.87. The fourth-order valence-electron chi connectivity index (χ4n) is 3.61. The SMILES string of the molecule is C=C[C@H]1C[C@@H](O)C[C@@H](/C=C/c2ccccc2C)N1Cc1ccccc1. The zero-order valence-electron chi connectivity index (χ0n) is 14.9. The molecule has 2 aromatic rings. The van der Waals surface area contributed by atoms with Crippen molar-refractivity contribution in [2.45, 2.75) is 44.5 Å². The van der Waals surface area contributed by atoms with Crippen LogP contribution in [-0.2, 0) is 6.54 Å². The minimum atomic E-state index is -0.276. The summed E-state index contributed by atoms with van der Waals surface area (Å²) in [6.45, 7) is 7.00. The zero-order valence-corrected chi connectivity index (χ0v) is 14.9. The van der Waals surface area contributed by atoms with Gasteiger partial charge in [0.15, 0.2) is 0 Å². The second kappa shape index (κ2) is 8.28. The molecular formula is C23H27NO. The fraction of sp³-hybridized carbons (Fsp3) is 0.304. The molecule has 3 atom stereocenters. The van der Waals surface area contributed by atoms with E-state index in [1.165, 1.54) is 16.7 Å². The van der Waals surface area contributed by atoms with E-state index in [-0.39, 0.29) is 18.2 Å². The molecule has 25 heavy (non-hydrogen) atoms. The molecule has 0 aromatic heterocycles. The van der Waals surface area contributed by atoms with Gasteiger partial charge in [0, 0.05) is 18.6 Å². The summed E-state index contributed by atoms with van der Waals surface area (Å²) in [6, 6.07) is 19.3. The highest BCUT2D eigenvalue weighted by molar-refractivity contribution is 5.54. The Kier molecular flexibility index (Phi) is 5.85. The molecule has 0 bridgehead atoms. The van der Waals surface area contributed by atoms with Crippen molar-refractivity contribution in [1.29, 1.82) is 0 Å². The lowest BCUT2D eigenvalue weighted by atomic mass is 9.91. The fourth-order valence-corrected chi connectivity index (χ4v) is 3.61. The first kappa shape index (κ1) is 17.7. The van der Waals surface area contributed by atoms with Gasteiger partial charge < -0.3 is 5.11 Å². The van der Waals surface area contributed by atoms with Crippen molar-refractivity contribution in [2.75, 3.05) is 0 Å². The van der Waals surface area contributed by atoms with E-state index in [9.17, 15) is 5.11 Å². The average Bonchev–Trinajstić information content (AvgIpc) is 2.63. The van der Waals surface area contributed by atoms with Crippen molar-refractivity contribution in [2.24, 2.45) is 0 Å². The van der Waals surface area contributed by atoms with Crippen LogP contribution in [0.15, 0.2) is 73.3 Å². The van der Waals surface area contributed by atoms with Crippen LogP contribution >= 0.6 is 0 Å². The van der Waals surface area contributed by atoms with Gasteiger partial charge in [-0.25, -0.2) is 0 Å². The molecule has 1 aliphatic heterocycles. The highest BCUT2D eigenvalue weighted by atomic mass is 16.3. The van der Waals surface area contributed by atoms with Crippen molar-refractivity contribution in [3.8, 4) is 0 Å². The number of aryl methyl sites for hydroxylation is 1. The summed E-state index contributed by atoms with van der Waals surface area (Å²) in [4.78, 5) is 2.45. The van der Waals surface area contributed by atoms with Crippen LogP contribution in [0.3, 0.4) is 0 Å². The topological polar surface area (TPSA) is 23.5 Å². The largest absolute Gasteiger partial charge is 0.393 e. The number of likely N-dealkylation sites (tertiary alicyclic amines) is 1. The second-order valence-corrected chi connectivity index (χ2v) is 6.87. The molecule has 0 unspecified atom stereocenters. The zero-order chi connectivity index (χ0) is 17.6. The van der Waals surface area contributed by atoms with Gasteiger partial charge >= 0.3 is 0 Å². The summed E-state index contributed by atoms with van der Waals surface area (Å²) in [7, 11) is 0. The van der Waals surface area contributed by atoms with Gasteiger partial charge in [-0.15, -0.1) is 6.58 Å². The Labute approximate surface area is 151 Å². The first-order valence-electron chi connectivity index (χ1n) is 9.01. The Hall–Kier alpha value is -2.16. The molecule has 2 aromatic carbocycles. The van der Waals surface area contributed by atoms with E-state index in [1.807, 2.05) is 12.1 Å². The van der Waals surface area contributed by atoms with Gasteiger partial charge in [0.05, 0.1) is 6.10 Å². The van der Waals surface area contributed by atoms with Crippen molar-refractivity contribution in [3.05, 3.63) is 90.0 Å². The first-order chi connectivity index (χ1) is 12.2. The van der Waals surface area contributed by atoms with Crippen molar-refractivity contribution in [3.63, 3.8) is 0 Å². The molecule has 1 aliphatic rings. The van der Waals surface area contributed by atoms with Gasteiger partial charge in [0.25, 0.3) is 0 Å². The van der Waals surface area contributed by atoms with Crippen molar-refractivity contribution in [1.82, 2.24) is 4.90 Å². The van der Waals surface area contributed by atoms with E-state index in [4.69, 9.17) is 0 Å². The molecule has 0 aliphatic carbocycles. The number of piperidine rings is 1. The minimum Gasteiger partial charge on any atom is -0.393 e. The van der Waals surface area contributed by atoms with E-state index in [1.54, 1.807) is 0 Å². The summed E-state index contributed by atoms with van der Waals surface area (Å²) in [5, 5.41) is 10.3. The van der Waals surface area contributed by atoms with Crippen LogP contribution in [0.4, 0.5) is 0 Å². The molecule has 0 radical (unpaired) electrons. The molecule has 0 amide bonds. The molecule has 1 saturated heterocycles. The third kappa shape index (κ3) is 4.47. The van der Waals surface area contributed by atoms with Gasteiger partial charge in [-0.1, -0.05) is 72.8 Å². The Bertz CT molecular complexity index is 722. The standard InChI is InChI=1S/C23H27NO/c1-3-21-15-23(25)16-22(14-13-20-12-8-7-9-18(20)2)24(21)17-19-10-5-4-6-11-19/h3-14,21-23,25H,1,15-17H2,2H3/b14-13+/t21-,22+,23+/m0/s1. The third-order valence-corrected chi connectivity index (χ3v) is 5.05. The van der Waals surface area contributed by atoms with Crippen LogP contribution in [-0.4, -0.2) is 28.2 Å². The number of aliphatic hydroxyl groups is 1. The van der Waals surface area contributed by atoms with Gasteiger partial charge in [-0.05, 0) is 36.5 Å². The minimum absolute atomic E-state index is 0.190. The Balaban J connectivity index is 1.84. The summed E-state index contributed by atoms with van der Waals surface area (Å²) in [5.74, 6) is 0. The highest BCUT2D eigenvalue weighted by Gasteiger charge is 2.31. The van der Waals surface area contributed by atoms with E-state index in [0.717, 1.165) is 19.4 Å². The Morgan fingerprint density at radius 1 is 1.04 bits per heavy atom. The summed E-state index contributed by atoms with van der Waals surface area (Å²) < 4.78 is 0. The highest BCUT2D eigenvalue weighted by Crippen LogP contribution is 2.27. The molecule has 2 heteroatoms. The smallest absolute Gasteiger partial charge is 0.0576 e. The molecule has 3 rings (SSSR count). The maximum Gasteiger partial charge on any atom is 0.0576 e.